The molecule has 20 heavy (non-hydrogen) atoms. The van der Waals surface area contributed by atoms with E-state index in [4.69, 9.17) is 4.74 Å². The highest BCUT2D eigenvalue weighted by molar-refractivity contribution is 5.63. The van der Waals surface area contributed by atoms with E-state index in [0.29, 0.717) is 30.8 Å². The highest BCUT2D eigenvalue weighted by atomic mass is 16.6. The second-order valence-corrected chi connectivity index (χ2v) is 5.50. The van der Waals surface area contributed by atoms with Crippen molar-refractivity contribution in [2.45, 2.75) is 32.2 Å². The van der Waals surface area contributed by atoms with Gasteiger partial charge in [-0.05, 0) is 31.2 Å². The third kappa shape index (κ3) is 3.28. The molecule has 0 N–H and O–H groups in total. The molecule has 0 aromatic heterocycles. The summed E-state index contributed by atoms with van der Waals surface area (Å²) in [5.74, 6) is 0.688. The van der Waals surface area contributed by atoms with Crippen LogP contribution in [0.25, 0.3) is 0 Å². The Morgan fingerprint density at radius 2 is 2.15 bits per heavy atom. The maximum atomic E-state index is 11.2. The molecule has 5 nitrogen and oxygen atoms in total. The second kappa shape index (κ2) is 6.70. The van der Waals surface area contributed by atoms with Crippen LogP contribution in [0.3, 0.4) is 0 Å². The van der Waals surface area contributed by atoms with Crippen LogP contribution in [0.4, 0.5) is 11.4 Å². The first kappa shape index (κ1) is 14.8. The number of rotatable bonds is 6. The topological polar surface area (TPSA) is 55.6 Å². The fourth-order valence-electron chi connectivity index (χ4n) is 3.01. The van der Waals surface area contributed by atoms with Gasteiger partial charge in [0.15, 0.2) is 0 Å². The van der Waals surface area contributed by atoms with Crippen molar-refractivity contribution in [3.63, 3.8) is 0 Å². The Balaban J connectivity index is 2.28. The van der Waals surface area contributed by atoms with E-state index in [1.165, 1.54) is 6.42 Å². The van der Waals surface area contributed by atoms with Crippen molar-refractivity contribution in [1.82, 2.24) is 0 Å². The van der Waals surface area contributed by atoms with Gasteiger partial charge in [0.1, 0.15) is 5.69 Å². The summed E-state index contributed by atoms with van der Waals surface area (Å²) in [5, 5.41) is 11.2. The molecule has 2 rings (SSSR count). The summed E-state index contributed by atoms with van der Waals surface area (Å²) in [7, 11) is 1.66. The summed E-state index contributed by atoms with van der Waals surface area (Å²) in [5.41, 5.74) is 0.900. The number of hydrogen-bond acceptors (Lipinski definition) is 4. The molecular weight excluding hydrogens is 256 g/mol. The molecule has 2 atom stereocenters. The Labute approximate surface area is 119 Å². The zero-order valence-corrected chi connectivity index (χ0v) is 12.1. The van der Waals surface area contributed by atoms with E-state index >= 15 is 0 Å². The lowest BCUT2D eigenvalue weighted by Crippen LogP contribution is -2.36. The van der Waals surface area contributed by atoms with Crippen LogP contribution in [0.1, 0.15) is 26.2 Å². The second-order valence-electron chi connectivity index (χ2n) is 5.50. The first-order chi connectivity index (χ1) is 9.63. The van der Waals surface area contributed by atoms with Crippen LogP contribution < -0.4 is 4.90 Å². The average Bonchev–Trinajstić information content (AvgIpc) is 2.86. The van der Waals surface area contributed by atoms with Crippen LogP contribution in [0, 0.1) is 16.0 Å². The van der Waals surface area contributed by atoms with E-state index < -0.39 is 0 Å². The highest BCUT2D eigenvalue weighted by Crippen LogP contribution is 2.35. The van der Waals surface area contributed by atoms with E-state index in [-0.39, 0.29) is 10.6 Å². The van der Waals surface area contributed by atoms with Crippen molar-refractivity contribution in [2.24, 2.45) is 5.92 Å². The summed E-state index contributed by atoms with van der Waals surface area (Å²) in [6.07, 6.45) is 3.38. The van der Waals surface area contributed by atoms with Gasteiger partial charge in [-0.25, -0.2) is 0 Å². The maximum absolute atomic E-state index is 11.2. The lowest BCUT2D eigenvalue weighted by atomic mass is 10.1. The Morgan fingerprint density at radius 3 is 2.75 bits per heavy atom. The predicted molar refractivity (Wildman–Crippen MR) is 79.1 cm³/mol. The third-order valence-electron chi connectivity index (χ3n) is 4.03. The van der Waals surface area contributed by atoms with Gasteiger partial charge >= 0.3 is 0 Å². The van der Waals surface area contributed by atoms with Crippen molar-refractivity contribution in [2.75, 3.05) is 25.2 Å². The number of ether oxygens (including phenoxy) is 1. The normalized spacial score (nSPS) is 21.9. The van der Waals surface area contributed by atoms with E-state index in [2.05, 4.69) is 11.8 Å². The number of nitro benzene ring substituents is 1. The van der Waals surface area contributed by atoms with Crippen LogP contribution >= 0.6 is 0 Å². The molecule has 1 saturated carbocycles. The molecule has 1 fully saturated rings. The van der Waals surface area contributed by atoms with Crippen LogP contribution in [0.5, 0.6) is 0 Å². The fourth-order valence-corrected chi connectivity index (χ4v) is 3.01. The number of nitro groups is 1. The summed E-state index contributed by atoms with van der Waals surface area (Å²) < 4.78 is 5.17. The molecule has 0 spiro atoms. The largest absolute Gasteiger partial charge is 0.383 e. The number of nitrogens with zero attached hydrogens (tertiary/aromatic N) is 2. The molecule has 0 bridgehead atoms. The molecule has 110 valence electrons. The van der Waals surface area contributed by atoms with Gasteiger partial charge in [0.25, 0.3) is 5.69 Å². The zero-order valence-electron chi connectivity index (χ0n) is 12.1. The SMILES string of the molecule is COCCN(c1ccccc1[N+](=O)[O-])C1CCC(C)C1. The summed E-state index contributed by atoms with van der Waals surface area (Å²) in [6.45, 7) is 3.52. The number of hydrogen-bond donors (Lipinski definition) is 0. The molecule has 1 aliphatic rings. The molecule has 0 aliphatic heterocycles. The molecule has 2 unspecified atom stereocenters. The van der Waals surface area contributed by atoms with Gasteiger partial charge in [0.05, 0.1) is 11.5 Å². The number of methoxy groups -OCH3 is 1. The average molecular weight is 278 g/mol. The third-order valence-corrected chi connectivity index (χ3v) is 4.03. The molecule has 0 radical (unpaired) electrons. The Hall–Kier alpha value is -1.62. The van der Waals surface area contributed by atoms with Crippen molar-refractivity contribution in [1.29, 1.82) is 0 Å². The smallest absolute Gasteiger partial charge is 0.292 e. The molecular formula is C15H22N2O3. The number of anilines is 1. The standard InChI is InChI=1S/C15H22N2O3/c1-12-7-8-13(11-12)16(9-10-20-2)14-5-3-4-6-15(14)17(18)19/h3-6,12-13H,7-11H2,1-2H3. The van der Waals surface area contributed by atoms with E-state index in [0.717, 1.165) is 12.8 Å². The van der Waals surface area contributed by atoms with Gasteiger partial charge in [-0.2, -0.15) is 0 Å². The van der Waals surface area contributed by atoms with Crippen molar-refractivity contribution < 1.29 is 9.66 Å². The molecule has 1 aromatic carbocycles. The molecule has 1 aromatic rings. The molecule has 5 heteroatoms. The Morgan fingerprint density at radius 1 is 1.40 bits per heavy atom. The molecule has 0 amide bonds. The predicted octanol–water partition coefficient (Wildman–Crippen LogP) is 3.24. The summed E-state index contributed by atoms with van der Waals surface area (Å²) >= 11 is 0. The molecule has 1 aliphatic carbocycles. The van der Waals surface area contributed by atoms with Gasteiger partial charge < -0.3 is 9.64 Å². The minimum Gasteiger partial charge on any atom is -0.383 e. The lowest BCUT2D eigenvalue weighted by molar-refractivity contribution is -0.384. The van der Waals surface area contributed by atoms with Crippen LogP contribution in [-0.2, 0) is 4.74 Å². The van der Waals surface area contributed by atoms with Crippen LogP contribution in [-0.4, -0.2) is 31.2 Å². The zero-order chi connectivity index (χ0) is 14.5. The molecule has 0 heterocycles. The van der Waals surface area contributed by atoms with E-state index in [1.54, 1.807) is 19.2 Å². The Kier molecular flexibility index (Phi) is 4.95. The Bertz CT molecular complexity index is 464. The van der Waals surface area contributed by atoms with Crippen molar-refractivity contribution in [3.8, 4) is 0 Å². The first-order valence-corrected chi connectivity index (χ1v) is 7.12. The van der Waals surface area contributed by atoms with E-state index in [1.807, 2.05) is 12.1 Å². The number of benzene rings is 1. The molecule has 0 saturated heterocycles. The van der Waals surface area contributed by atoms with Crippen LogP contribution in [0.2, 0.25) is 0 Å². The van der Waals surface area contributed by atoms with Gasteiger partial charge in [-0.1, -0.05) is 19.1 Å². The van der Waals surface area contributed by atoms with Crippen molar-refractivity contribution >= 4 is 11.4 Å². The van der Waals surface area contributed by atoms with Gasteiger partial charge in [-0.3, -0.25) is 10.1 Å². The summed E-state index contributed by atoms with van der Waals surface area (Å²) in [4.78, 5) is 13.1. The minimum absolute atomic E-state index is 0.183. The highest BCUT2D eigenvalue weighted by Gasteiger charge is 2.30. The van der Waals surface area contributed by atoms with Gasteiger partial charge in [0.2, 0.25) is 0 Å². The van der Waals surface area contributed by atoms with Crippen LogP contribution in [0.15, 0.2) is 24.3 Å². The summed E-state index contributed by atoms with van der Waals surface area (Å²) in [6, 6.07) is 7.37. The monoisotopic (exact) mass is 278 g/mol. The van der Waals surface area contributed by atoms with Gasteiger partial charge in [0, 0.05) is 25.8 Å². The first-order valence-electron chi connectivity index (χ1n) is 7.12. The van der Waals surface area contributed by atoms with Crippen molar-refractivity contribution in [3.05, 3.63) is 34.4 Å². The lowest BCUT2D eigenvalue weighted by Gasteiger charge is -2.30. The fraction of sp³-hybridized carbons (Fsp3) is 0.600. The maximum Gasteiger partial charge on any atom is 0.292 e. The van der Waals surface area contributed by atoms with Gasteiger partial charge in [-0.15, -0.1) is 0 Å². The quantitative estimate of drug-likeness (QED) is 0.592. The minimum atomic E-state index is -0.298. The number of para-hydroxylation sites is 2. The van der Waals surface area contributed by atoms with E-state index in [9.17, 15) is 10.1 Å².